The van der Waals surface area contributed by atoms with Crippen molar-refractivity contribution in [2.45, 2.75) is 6.92 Å². The molecule has 0 unspecified atom stereocenters. The molecule has 6 nitrogen and oxygen atoms in total. The van der Waals surface area contributed by atoms with E-state index in [1.165, 1.54) is 18.0 Å². The van der Waals surface area contributed by atoms with Crippen molar-refractivity contribution in [3.05, 3.63) is 61.7 Å². The second-order valence-corrected chi connectivity index (χ2v) is 6.25. The summed E-state index contributed by atoms with van der Waals surface area (Å²) in [6.07, 6.45) is 1.54. The first kappa shape index (κ1) is 16.4. The lowest BCUT2D eigenvalue weighted by Gasteiger charge is -2.07. The number of phenols is 1. The summed E-state index contributed by atoms with van der Waals surface area (Å²) in [5.74, 6) is 0.926. The Hall–Kier alpha value is -2.42. The van der Waals surface area contributed by atoms with E-state index in [-0.39, 0.29) is 11.3 Å². The molecule has 0 bridgehead atoms. The number of phenolic OH excluding ortho intramolecular Hbond substituents is 1. The number of nitrogens with zero attached hydrogens (tertiary/aromatic N) is 3. The van der Waals surface area contributed by atoms with Gasteiger partial charge in [0.25, 0.3) is 5.56 Å². The summed E-state index contributed by atoms with van der Waals surface area (Å²) >= 11 is 2.01. The Labute approximate surface area is 151 Å². The van der Waals surface area contributed by atoms with Crippen molar-refractivity contribution in [1.29, 1.82) is 0 Å². The lowest BCUT2D eigenvalue weighted by Crippen LogP contribution is -2.20. The van der Waals surface area contributed by atoms with Crippen LogP contribution in [0.15, 0.2) is 46.3 Å². The highest BCUT2D eigenvalue weighted by Gasteiger charge is 2.09. The predicted molar refractivity (Wildman–Crippen MR) is 101 cm³/mol. The monoisotopic (exact) mass is 435 g/mol. The maximum atomic E-state index is 12.6. The van der Waals surface area contributed by atoms with Crippen molar-refractivity contribution >= 4 is 39.7 Å². The third kappa shape index (κ3) is 2.99. The van der Waals surface area contributed by atoms with Crippen molar-refractivity contribution < 1.29 is 9.84 Å². The predicted octanol–water partition coefficient (Wildman–Crippen LogP) is 2.91. The van der Waals surface area contributed by atoms with Crippen LogP contribution in [0.2, 0.25) is 0 Å². The molecule has 24 heavy (non-hydrogen) atoms. The Morgan fingerprint density at radius 1 is 1.33 bits per heavy atom. The third-order valence-corrected chi connectivity index (χ3v) is 4.33. The van der Waals surface area contributed by atoms with Gasteiger partial charge in [-0.05, 0) is 59.3 Å². The van der Waals surface area contributed by atoms with Crippen molar-refractivity contribution in [3.8, 4) is 11.5 Å². The number of aromatic hydroxyl groups is 1. The number of ether oxygens (including phenoxy) is 1. The minimum Gasteiger partial charge on any atom is -0.504 e. The van der Waals surface area contributed by atoms with Crippen LogP contribution in [0.4, 0.5) is 0 Å². The van der Waals surface area contributed by atoms with E-state index in [0.717, 1.165) is 0 Å². The van der Waals surface area contributed by atoms with Crippen LogP contribution in [0.1, 0.15) is 11.4 Å². The fraction of sp³-hybridized carbons (Fsp3) is 0.118. The lowest BCUT2D eigenvalue weighted by atomic mass is 10.2. The van der Waals surface area contributed by atoms with Crippen LogP contribution < -0.4 is 10.3 Å². The topological polar surface area (TPSA) is 76.7 Å². The molecule has 0 spiro atoms. The van der Waals surface area contributed by atoms with Crippen LogP contribution in [0.25, 0.3) is 10.9 Å². The highest BCUT2D eigenvalue weighted by atomic mass is 127. The van der Waals surface area contributed by atoms with E-state index in [1.807, 2.05) is 28.7 Å². The third-order valence-electron chi connectivity index (χ3n) is 3.51. The zero-order chi connectivity index (χ0) is 17.3. The SMILES string of the molecule is COc1cc(C=Nn2c(C)nc3ccccc3c2=O)cc(I)c1O. The Bertz CT molecular complexity index is 1010. The fourth-order valence-electron chi connectivity index (χ4n) is 2.32. The van der Waals surface area contributed by atoms with Gasteiger partial charge in [-0.3, -0.25) is 4.79 Å². The summed E-state index contributed by atoms with van der Waals surface area (Å²) in [4.78, 5) is 17.0. The number of hydrogen-bond acceptors (Lipinski definition) is 5. The molecule has 122 valence electrons. The van der Waals surface area contributed by atoms with E-state index in [4.69, 9.17) is 4.74 Å². The molecular formula is C17H14IN3O3. The van der Waals surface area contributed by atoms with Crippen LogP contribution in [0.3, 0.4) is 0 Å². The molecule has 7 heteroatoms. The summed E-state index contributed by atoms with van der Waals surface area (Å²) in [5.41, 5.74) is 1.12. The zero-order valence-electron chi connectivity index (χ0n) is 13.0. The summed E-state index contributed by atoms with van der Waals surface area (Å²) < 4.78 is 7.02. The lowest BCUT2D eigenvalue weighted by molar-refractivity contribution is 0.371. The summed E-state index contributed by atoms with van der Waals surface area (Å²) in [6, 6.07) is 10.6. The number of rotatable bonds is 3. The number of aromatic nitrogens is 2. The number of aryl methyl sites for hydroxylation is 1. The maximum Gasteiger partial charge on any atom is 0.282 e. The molecule has 3 rings (SSSR count). The van der Waals surface area contributed by atoms with Gasteiger partial charge < -0.3 is 9.84 Å². The molecule has 0 amide bonds. The second-order valence-electron chi connectivity index (χ2n) is 5.09. The molecule has 0 saturated heterocycles. The number of halogens is 1. The first-order valence-corrected chi connectivity index (χ1v) is 8.18. The van der Waals surface area contributed by atoms with Crippen molar-refractivity contribution in [2.24, 2.45) is 5.10 Å². The fourth-order valence-corrected chi connectivity index (χ4v) is 2.94. The first-order valence-electron chi connectivity index (χ1n) is 7.10. The van der Waals surface area contributed by atoms with Gasteiger partial charge in [-0.1, -0.05) is 12.1 Å². The minimum atomic E-state index is -0.227. The Morgan fingerprint density at radius 3 is 2.83 bits per heavy atom. The molecule has 0 radical (unpaired) electrons. The molecule has 0 aliphatic carbocycles. The van der Waals surface area contributed by atoms with E-state index in [0.29, 0.717) is 31.6 Å². The number of benzene rings is 2. The quantitative estimate of drug-likeness (QED) is 0.507. The largest absolute Gasteiger partial charge is 0.504 e. The van der Waals surface area contributed by atoms with E-state index in [1.54, 1.807) is 37.3 Å². The minimum absolute atomic E-state index is 0.0796. The molecule has 1 heterocycles. The van der Waals surface area contributed by atoms with Gasteiger partial charge in [0.15, 0.2) is 11.5 Å². The van der Waals surface area contributed by atoms with Gasteiger partial charge in [-0.2, -0.15) is 9.78 Å². The molecule has 1 N–H and O–H groups in total. The summed E-state index contributed by atoms with van der Waals surface area (Å²) in [7, 11) is 1.48. The van der Waals surface area contributed by atoms with Crippen molar-refractivity contribution in [1.82, 2.24) is 9.66 Å². The Kier molecular flexibility index (Phi) is 4.52. The van der Waals surface area contributed by atoms with Gasteiger partial charge in [0.1, 0.15) is 5.82 Å². The number of hydrogen-bond donors (Lipinski definition) is 1. The van der Waals surface area contributed by atoms with Gasteiger partial charge in [0, 0.05) is 0 Å². The zero-order valence-corrected chi connectivity index (χ0v) is 15.2. The van der Waals surface area contributed by atoms with Crippen LogP contribution in [-0.2, 0) is 0 Å². The molecule has 2 aromatic carbocycles. The molecule has 0 fully saturated rings. The van der Waals surface area contributed by atoms with Crippen LogP contribution >= 0.6 is 22.6 Å². The van der Waals surface area contributed by atoms with Crippen LogP contribution in [-0.4, -0.2) is 28.1 Å². The van der Waals surface area contributed by atoms with Gasteiger partial charge in [-0.25, -0.2) is 4.98 Å². The molecule has 0 aliphatic rings. The molecular weight excluding hydrogens is 421 g/mol. The van der Waals surface area contributed by atoms with Gasteiger partial charge in [0.05, 0.1) is 27.8 Å². The van der Waals surface area contributed by atoms with E-state index >= 15 is 0 Å². The Balaban J connectivity index is 2.09. The maximum absolute atomic E-state index is 12.6. The van der Waals surface area contributed by atoms with Crippen LogP contribution in [0, 0.1) is 10.5 Å². The normalized spacial score (nSPS) is 11.3. The summed E-state index contributed by atoms with van der Waals surface area (Å²) in [5, 5.41) is 14.6. The average Bonchev–Trinajstić information content (AvgIpc) is 2.57. The van der Waals surface area contributed by atoms with Crippen LogP contribution in [0.5, 0.6) is 11.5 Å². The Morgan fingerprint density at radius 2 is 2.08 bits per heavy atom. The standard InChI is InChI=1S/C17H14IN3O3/c1-10-20-14-6-4-3-5-12(14)17(23)21(10)19-9-11-7-13(18)16(22)15(8-11)24-2/h3-9,22H,1-2H3. The van der Waals surface area contributed by atoms with Crippen molar-refractivity contribution in [3.63, 3.8) is 0 Å². The molecule has 3 aromatic rings. The van der Waals surface area contributed by atoms with Gasteiger partial charge >= 0.3 is 0 Å². The number of fused-ring (bicyclic) bond motifs is 1. The average molecular weight is 435 g/mol. The molecule has 1 aromatic heterocycles. The van der Waals surface area contributed by atoms with E-state index in [9.17, 15) is 9.90 Å². The first-order chi connectivity index (χ1) is 11.5. The van der Waals surface area contributed by atoms with Crippen molar-refractivity contribution in [2.75, 3.05) is 7.11 Å². The van der Waals surface area contributed by atoms with E-state index in [2.05, 4.69) is 10.1 Å². The molecule has 0 saturated carbocycles. The van der Waals surface area contributed by atoms with E-state index < -0.39 is 0 Å². The molecule has 0 atom stereocenters. The second kappa shape index (κ2) is 6.60. The number of methoxy groups -OCH3 is 1. The highest BCUT2D eigenvalue weighted by molar-refractivity contribution is 14.1. The summed E-state index contributed by atoms with van der Waals surface area (Å²) in [6.45, 7) is 1.73. The smallest absolute Gasteiger partial charge is 0.282 e. The highest BCUT2D eigenvalue weighted by Crippen LogP contribution is 2.31. The van der Waals surface area contributed by atoms with Gasteiger partial charge in [0.2, 0.25) is 0 Å². The molecule has 0 aliphatic heterocycles. The number of para-hydroxylation sites is 1. The van der Waals surface area contributed by atoms with Gasteiger partial charge in [-0.15, -0.1) is 0 Å².